The van der Waals surface area contributed by atoms with E-state index in [0.717, 1.165) is 0 Å². The quantitative estimate of drug-likeness (QED) is 0.170. The lowest BCUT2D eigenvalue weighted by Crippen LogP contribution is -2.28. The average Bonchev–Trinajstić information content (AvgIpc) is 1.46. The zero-order chi connectivity index (χ0) is 97.3. The Labute approximate surface area is 473 Å². The third kappa shape index (κ3) is 6.11. The topological polar surface area (TPSA) is 3.24 Å². The predicted molar refractivity (Wildman–Crippen MR) is 277 cm³/mol. The molecule has 0 saturated carbocycles. The summed E-state index contributed by atoms with van der Waals surface area (Å²) in [5.41, 5.74) is -62.1. The van der Waals surface area contributed by atoms with Crippen LogP contribution in [0.2, 0.25) is 0 Å². The molecule has 3 aliphatic rings. The fraction of sp³-hybridized carbons (Fsp3) is 0.250. The zero-order valence-electron chi connectivity index (χ0n) is 93.4. The van der Waals surface area contributed by atoms with Gasteiger partial charge in [-0.3, -0.25) is 0 Å². The van der Waals surface area contributed by atoms with Crippen molar-refractivity contribution >= 4 is 17.1 Å². The van der Waals surface area contributed by atoms with Crippen LogP contribution in [0.25, 0.3) is 44.5 Å². The lowest BCUT2D eigenvalue weighted by atomic mass is 9.68. The number of fused-ring (bicyclic) bond motifs is 13. The van der Waals surface area contributed by atoms with Crippen molar-refractivity contribution in [1.29, 1.82) is 0 Å². The van der Waals surface area contributed by atoms with Crippen molar-refractivity contribution in [1.82, 2.24) is 0 Å². The fourth-order valence-electron chi connectivity index (χ4n) is 8.16. The van der Waals surface area contributed by atoms with Crippen LogP contribution in [0.1, 0.15) is 209 Å². The second-order valence-corrected chi connectivity index (χ2v) is 15.0. The molecule has 11 rings (SSSR count). The Bertz CT molecular complexity index is 5760. The Morgan fingerprint density at radius 1 is 0.369 bits per heavy atom. The van der Waals surface area contributed by atoms with E-state index >= 15 is 0 Å². The minimum Gasteiger partial charge on any atom is -0.310 e. The van der Waals surface area contributed by atoms with Crippen LogP contribution in [-0.2, 0) is 27.1 Å². The van der Waals surface area contributed by atoms with Gasteiger partial charge in [-0.2, -0.15) is 0 Å². The van der Waals surface area contributed by atoms with Crippen molar-refractivity contribution in [2.75, 3.05) is 4.90 Å². The number of hydrogen-bond donors (Lipinski definition) is 0. The third-order valence-electron chi connectivity index (χ3n) is 10.9. The van der Waals surface area contributed by atoms with Gasteiger partial charge in [0.05, 0.1) is 49.5 Å². The number of benzene rings is 8. The molecule has 0 fully saturated rings. The summed E-state index contributed by atoms with van der Waals surface area (Å²) in [4.78, 5) is -0.333. The summed E-state index contributed by atoms with van der Waals surface area (Å²) in [7, 11) is 0. The molecule has 0 bridgehead atoms. The van der Waals surface area contributed by atoms with Gasteiger partial charge in [-0.15, -0.1) is 0 Å². The van der Waals surface area contributed by atoms with Crippen molar-refractivity contribution < 1.29 is 83.6 Å². The van der Waals surface area contributed by atoms with Crippen LogP contribution in [0.3, 0.4) is 0 Å². The van der Waals surface area contributed by atoms with Gasteiger partial charge < -0.3 is 4.90 Å². The highest BCUT2D eigenvalue weighted by Gasteiger charge is 2.53. The number of rotatable bonds is 4. The molecule has 0 radical (unpaired) electrons. The van der Waals surface area contributed by atoms with Gasteiger partial charge in [0, 0.05) is 67.6 Å². The molecular weight excluding hydrogens is 783 g/mol. The van der Waals surface area contributed by atoms with Crippen LogP contribution >= 0.6 is 0 Å². The first-order valence-corrected chi connectivity index (χ1v) is 18.7. The van der Waals surface area contributed by atoms with E-state index in [1.54, 1.807) is 0 Å². The Morgan fingerprint density at radius 2 is 0.769 bits per heavy atom. The zero-order valence-corrected chi connectivity index (χ0v) is 32.4. The van der Waals surface area contributed by atoms with Gasteiger partial charge in [0.1, 0.15) is 0 Å². The van der Waals surface area contributed by atoms with Crippen molar-refractivity contribution in [3.05, 3.63) is 219 Å². The molecule has 0 aromatic heterocycles. The molecule has 322 valence electrons. The molecule has 0 amide bonds. The van der Waals surface area contributed by atoms with E-state index in [9.17, 15) is 39.8 Å². The van der Waals surface area contributed by atoms with Crippen LogP contribution < -0.4 is 4.90 Å². The van der Waals surface area contributed by atoms with E-state index in [1.165, 1.54) is 0 Å². The normalized spacial score (nSPS) is 30.6. The van der Waals surface area contributed by atoms with E-state index in [0.29, 0.717) is 0 Å². The van der Waals surface area contributed by atoms with Gasteiger partial charge in [-0.05, 0) is 135 Å². The van der Waals surface area contributed by atoms with Gasteiger partial charge >= 0.3 is 0 Å². The van der Waals surface area contributed by atoms with E-state index in [-0.39, 0.29) is 4.90 Å². The molecule has 65 heavy (non-hydrogen) atoms. The molecule has 1 nitrogen and oxygen atoms in total. The summed E-state index contributed by atoms with van der Waals surface area (Å²) >= 11 is 0. The van der Waals surface area contributed by atoms with Gasteiger partial charge in [0.15, 0.2) is 0 Å². The summed E-state index contributed by atoms with van der Waals surface area (Å²) in [6, 6.07) is -52.2. The van der Waals surface area contributed by atoms with Crippen molar-refractivity contribution in [2.24, 2.45) is 0 Å². The third-order valence-corrected chi connectivity index (χ3v) is 10.9. The SMILES string of the molecule is [2H]c1c([2H])c([2H])c(-c2c([2H])c([2H])c([2H])c([2H])c2N(c2c([2H])c([2H])c3c(c2[2H])C2(c4c([2H])c(C(C([2H])([2H])[2H])(C([2H])([2H])[2H])C([2H])([2H])[2H])c([2H])c([2H])c4-3)c3c([2H])c(C(C([2H])([2H])[2H])(C([2H])([2H])[2H])C([2H])([2H])[2H])c([2H])c([2H])c3-c3c([2H])c([2H])c(C(C([2H])([2H])[2H])(C([2H])([2H])[2H])C([2H])([2H])[2H])c([2H])c32)c2c([2H])c([2H])c3c(c2[2H])C(C([2H])([2H])[2H])(C([2H])([2H])[2H])c2c([2H])c([2H])c([2H])c([2H])c2-3)c([2H])c1[2H]. The molecule has 1 spiro atoms. The molecule has 0 heterocycles. The molecule has 0 unspecified atom stereocenters. The lowest BCUT2D eigenvalue weighted by molar-refractivity contribution is 0.584. The molecule has 8 aromatic rings. The van der Waals surface area contributed by atoms with E-state index in [1.807, 2.05) is 0 Å². The Morgan fingerprint density at radius 3 is 1.28 bits per heavy atom. The Balaban J connectivity index is 1.67. The largest absolute Gasteiger partial charge is 0.310 e. The summed E-state index contributed by atoms with van der Waals surface area (Å²) in [6.45, 7) is -52.8. The van der Waals surface area contributed by atoms with Crippen molar-refractivity contribution in [3.63, 3.8) is 0 Å². The minimum absolute atomic E-state index is 0.333. The van der Waals surface area contributed by atoms with Gasteiger partial charge in [-0.25, -0.2) is 0 Å². The van der Waals surface area contributed by atoms with Crippen molar-refractivity contribution in [2.45, 2.75) is 102 Å². The monoisotopic (exact) mass is 905 g/mol. The summed E-state index contributed by atoms with van der Waals surface area (Å²) in [6.07, 6.45) is 0. The number of para-hydroxylation sites is 1. The maximum Gasteiger partial charge on any atom is 0.0726 e. The van der Waals surface area contributed by atoms with Crippen LogP contribution in [0.5, 0.6) is 0 Å². The number of anilines is 3. The van der Waals surface area contributed by atoms with Gasteiger partial charge in [0.25, 0.3) is 0 Å². The van der Waals surface area contributed by atoms with Crippen molar-refractivity contribution in [3.8, 4) is 44.5 Å². The molecule has 0 saturated heterocycles. The standard InChI is InChI=1S/C64H61N/c1-60(2,3)41-25-30-49-50-31-26-42(61(4,5)6)36-56(50)64(55(49)35-41)57-37-43(62(7,8)9)27-32-51(57)52-34-29-45(39-58(52)64)65(59-24-18-16-21-46(59)40-19-13-12-14-20-40)44-28-33-48-47-22-15-17-23-53(47)63(10,11)54(48)38-44/h12-39H,1-11H3/i1D3,2D3,3D3,4D3,5D3,6D3,7D3,8D3,9D3,10D3,11D3,12D,13D,14D,15D,16D,17D,18D,19D,20D,21D,22D,23D,24D,25D,26D,27D,28D,29D,30D,31D,32D,33D,34D,35D,36D,37D,38D,39D. The first-order chi connectivity index (χ1) is 56.3. The predicted octanol–water partition coefficient (Wildman–Crippen LogP) is 17.4. The first-order valence-electron chi connectivity index (χ1n) is 49.2. The highest BCUT2D eigenvalue weighted by atomic mass is 15.1. The molecule has 0 aliphatic heterocycles. The smallest absolute Gasteiger partial charge is 0.0726 e. The maximum atomic E-state index is 11.4. The number of hydrogen-bond acceptors (Lipinski definition) is 1. The Kier molecular flexibility index (Phi) is 2.49. The van der Waals surface area contributed by atoms with Crippen LogP contribution in [0.15, 0.2) is 169 Å². The maximum absolute atomic E-state index is 11.4. The van der Waals surface area contributed by atoms with Crippen LogP contribution in [-0.4, -0.2) is 0 Å². The number of nitrogens with zero attached hydrogens (tertiary/aromatic N) is 1. The van der Waals surface area contributed by atoms with Gasteiger partial charge in [-0.1, -0.05) is 214 Å². The average molecular weight is 906 g/mol. The highest BCUT2D eigenvalue weighted by molar-refractivity contribution is 5.98. The van der Waals surface area contributed by atoms with Crippen LogP contribution in [0, 0.1) is 0 Å². The first kappa shape index (κ1) is 11.6. The molecule has 0 N–H and O–H groups in total. The summed E-state index contributed by atoms with van der Waals surface area (Å²) in [5.74, 6) is 0. The fourth-order valence-corrected chi connectivity index (χ4v) is 8.16. The van der Waals surface area contributed by atoms with E-state index < -0.39 is 383 Å². The molecule has 8 aromatic carbocycles. The van der Waals surface area contributed by atoms with Crippen LogP contribution in [0.4, 0.5) is 17.1 Å². The summed E-state index contributed by atoms with van der Waals surface area (Å²) < 4.78 is 574. The van der Waals surface area contributed by atoms with Gasteiger partial charge in [0.2, 0.25) is 0 Å². The molecule has 3 aliphatic carbocycles. The minimum atomic E-state index is -5.02. The molecule has 1 heteroatoms. The van der Waals surface area contributed by atoms with E-state index in [4.69, 9.17) is 43.9 Å². The second kappa shape index (κ2) is 14.0. The summed E-state index contributed by atoms with van der Waals surface area (Å²) in [5, 5.41) is 0. The molecular formula is C64H61N. The molecule has 0 atom stereocenters. The lowest BCUT2D eigenvalue weighted by Gasteiger charge is -2.35. The van der Waals surface area contributed by atoms with E-state index in [2.05, 4.69) is 0 Å². The second-order valence-electron chi connectivity index (χ2n) is 15.0. The Hall–Kier alpha value is -6.44. The highest BCUT2D eigenvalue weighted by Crippen LogP contribution is 2.65.